The lowest BCUT2D eigenvalue weighted by Crippen LogP contribution is -2.38. The van der Waals surface area contributed by atoms with E-state index in [1.165, 1.54) is 4.57 Å². The van der Waals surface area contributed by atoms with Crippen LogP contribution >= 0.6 is 31.6 Å². The average Bonchev–Trinajstić information content (AvgIpc) is 3.38. The fourth-order valence-electron chi connectivity index (χ4n) is 3.93. The number of phosphoric ester groups is 2. The third-order valence-corrected chi connectivity index (χ3v) is 9.24. The molecule has 36 heavy (non-hydrogen) atoms. The lowest BCUT2D eigenvalue weighted by molar-refractivity contribution is -0.135. The molecule has 3 aliphatic heterocycles. The minimum absolute atomic E-state index is 0.0450. The molecule has 0 spiro atoms. The molecule has 0 aliphatic carbocycles. The molecule has 5 rings (SSSR count). The van der Waals surface area contributed by atoms with Crippen LogP contribution in [0, 0.1) is 0 Å². The number of anilines is 1. The van der Waals surface area contributed by atoms with Gasteiger partial charge in [0.1, 0.15) is 43.0 Å². The van der Waals surface area contributed by atoms with Gasteiger partial charge in [-0.15, -0.1) is 0 Å². The molecule has 10 atom stereocenters. The monoisotopic (exact) mass is 619 g/mol. The highest BCUT2D eigenvalue weighted by Crippen LogP contribution is 2.67. The summed E-state index contributed by atoms with van der Waals surface area (Å²) in [6.07, 6.45) is -11.3. The van der Waals surface area contributed by atoms with Crippen molar-refractivity contribution in [1.29, 1.82) is 0 Å². The Labute approximate surface area is 209 Å². The van der Waals surface area contributed by atoms with Crippen LogP contribution in [0.25, 0.3) is 11.2 Å². The zero-order valence-corrected chi connectivity index (χ0v) is 21.1. The third kappa shape index (κ3) is 4.63. The van der Waals surface area contributed by atoms with Gasteiger partial charge in [-0.05, 0) is 15.9 Å². The number of rotatable bonds is 4. The number of nitrogens with two attached hydrogens (primary N) is 1. The molecule has 0 bridgehead atoms. The second-order valence-corrected chi connectivity index (χ2v) is 11.8. The van der Waals surface area contributed by atoms with E-state index >= 15 is 0 Å². The van der Waals surface area contributed by atoms with Crippen molar-refractivity contribution in [3.8, 4) is 0 Å². The van der Waals surface area contributed by atoms with Gasteiger partial charge in [0.2, 0.25) is 0 Å². The number of nitrogens with zero attached hydrogens (tertiary/aromatic N) is 4. The van der Waals surface area contributed by atoms with Gasteiger partial charge in [-0.2, -0.15) is 4.31 Å². The minimum Gasteiger partial charge on any atom is -0.394 e. The zero-order chi connectivity index (χ0) is 26.0. The first-order chi connectivity index (χ1) is 16.9. The number of ether oxygens (including phenoxy) is 2. The number of aliphatic hydroxyl groups is 4. The Morgan fingerprint density at radius 2 is 1.94 bits per heavy atom. The number of hydrogen-bond acceptors (Lipinski definition) is 16. The summed E-state index contributed by atoms with van der Waals surface area (Å²) in [7, 11) is -10.3. The normalized spacial score (nSPS) is 43.4. The van der Waals surface area contributed by atoms with E-state index in [-0.39, 0.29) is 21.7 Å². The molecule has 200 valence electrons. The Bertz CT molecular complexity index is 1250. The summed E-state index contributed by atoms with van der Waals surface area (Å²) in [5.74, 6) is 0.0450. The van der Waals surface area contributed by atoms with Crippen LogP contribution < -0.4 is 5.73 Å². The van der Waals surface area contributed by atoms with Crippen LogP contribution in [0.1, 0.15) is 6.23 Å². The summed E-state index contributed by atoms with van der Waals surface area (Å²) >= 11 is 3.22. The molecule has 0 saturated carbocycles. The predicted octanol–water partition coefficient (Wildman–Crippen LogP) is -1.47. The molecule has 2 aromatic heterocycles. The zero-order valence-electron chi connectivity index (χ0n) is 17.8. The molecule has 2 unspecified atom stereocenters. The quantitative estimate of drug-likeness (QED) is 0.168. The van der Waals surface area contributed by atoms with Gasteiger partial charge in [-0.25, -0.2) is 24.1 Å². The van der Waals surface area contributed by atoms with Crippen LogP contribution in [0.4, 0.5) is 5.82 Å². The third-order valence-electron chi connectivity index (χ3n) is 5.61. The van der Waals surface area contributed by atoms with E-state index in [0.29, 0.717) is 0 Å². The largest absolute Gasteiger partial charge is 0.486 e. The fourth-order valence-corrected chi connectivity index (χ4v) is 7.36. The van der Waals surface area contributed by atoms with E-state index in [2.05, 4.69) is 35.2 Å². The van der Waals surface area contributed by atoms with Gasteiger partial charge in [0.15, 0.2) is 34.2 Å². The van der Waals surface area contributed by atoms with E-state index < -0.39 is 78.0 Å². The van der Waals surface area contributed by atoms with E-state index in [1.54, 1.807) is 0 Å². The van der Waals surface area contributed by atoms with Gasteiger partial charge >= 0.3 is 15.6 Å². The van der Waals surface area contributed by atoms with Crippen molar-refractivity contribution in [2.75, 3.05) is 18.9 Å². The van der Waals surface area contributed by atoms with Crippen molar-refractivity contribution >= 4 is 48.6 Å². The van der Waals surface area contributed by atoms with E-state index in [9.17, 15) is 34.4 Å². The van der Waals surface area contributed by atoms with E-state index in [1.807, 2.05) is 0 Å². The number of imidazole rings is 1. The van der Waals surface area contributed by atoms with Crippen LogP contribution in [-0.2, 0) is 36.5 Å². The summed E-state index contributed by atoms with van der Waals surface area (Å²) in [6.45, 7) is -1.37. The minimum atomic E-state index is -5.17. The van der Waals surface area contributed by atoms with Crippen molar-refractivity contribution in [1.82, 2.24) is 19.5 Å². The van der Waals surface area contributed by atoms with Crippen molar-refractivity contribution in [2.24, 2.45) is 0 Å². The SMILES string of the molecule is Nc1ncnc2c1nc(Br)n2[C@@H]1O[C@@H]2COP(=O)(O)OP(=O)(O[C@@H]3O[C@H](CO)[C@@H](O)[C@H]3O)O[C@H]2[C@H]1O. The molecule has 3 aliphatic rings. The fraction of sp³-hybridized carbons (Fsp3) is 0.667. The molecule has 5 heterocycles. The number of aromatic nitrogens is 4. The standard InChI is InChI=1S/C15H20BrN5O13P2/c16-15-20-6-11(17)18-3-19-12(6)21(15)13-9(25)10-5(30-13)2-29-35(26,27)34-36(28,32-10)33-14-8(24)7(23)4(1-22)31-14/h3-5,7-10,13-14,22-25H,1-2H2,(H,26,27)(H2,17,18,19)/t4-,5-,7-,8-,9-,10-,13-,14+,36?/m1/s1. The van der Waals surface area contributed by atoms with Gasteiger partial charge in [-0.1, -0.05) is 0 Å². The lowest BCUT2D eigenvalue weighted by atomic mass is 10.1. The summed E-state index contributed by atoms with van der Waals surface area (Å²) < 4.78 is 57.8. The van der Waals surface area contributed by atoms with E-state index in [4.69, 9.17) is 28.8 Å². The highest BCUT2D eigenvalue weighted by molar-refractivity contribution is 9.10. The Morgan fingerprint density at radius 1 is 1.19 bits per heavy atom. The Kier molecular flexibility index (Phi) is 7.02. The number of phosphoric acid groups is 2. The molecule has 7 N–H and O–H groups in total. The number of hydrogen-bond donors (Lipinski definition) is 6. The molecule has 2 aromatic rings. The number of nitrogen functional groups attached to an aromatic ring is 1. The average molecular weight is 620 g/mol. The molecule has 0 amide bonds. The van der Waals surface area contributed by atoms with Crippen molar-refractivity contribution < 1.29 is 61.8 Å². The van der Waals surface area contributed by atoms with Crippen molar-refractivity contribution in [3.05, 3.63) is 11.1 Å². The summed E-state index contributed by atoms with van der Waals surface area (Å²) in [4.78, 5) is 22.1. The smallest absolute Gasteiger partial charge is 0.394 e. The molecule has 3 saturated heterocycles. The second-order valence-electron chi connectivity index (χ2n) is 7.91. The van der Waals surface area contributed by atoms with Crippen LogP contribution in [0.5, 0.6) is 0 Å². The van der Waals surface area contributed by atoms with Crippen LogP contribution in [0.15, 0.2) is 11.1 Å². The molecule has 21 heteroatoms. The maximum Gasteiger partial charge on any atom is 0.486 e. The van der Waals surface area contributed by atoms with Crippen molar-refractivity contribution in [3.63, 3.8) is 0 Å². The Morgan fingerprint density at radius 3 is 2.64 bits per heavy atom. The van der Waals surface area contributed by atoms with Crippen LogP contribution in [0.2, 0.25) is 0 Å². The topological polar surface area (TPSA) is 260 Å². The van der Waals surface area contributed by atoms with Crippen molar-refractivity contribution in [2.45, 2.75) is 49.1 Å². The maximum absolute atomic E-state index is 13.4. The molecule has 0 aromatic carbocycles. The molecule has 3 fully saturated rings. The van der Waals surface area contributed by atoms with Gasteiger partial charge in [0, 0.05) is 0 Å². The Balaban J connectivity index is 1.46. The summed E-state index contributed by atoms with van der Waals surface area (Å²) in [5, 5.41) is 40.3. The van der Waals surface area contributed by atoms with Gasteiger partial charge in [-0.3, -0.25) is 18.1 Å². The maximum atomic E-state index is 13.4. The Hall–Kier alpha value is -1.15. The highest BCUT2D eigenvalue weighted by atomic mass is 79.9. The van der Waals surface area contributed by atoms with Crippen LogP contribution in [-0.4, -0.2) is 101 Å². The molecule has 18 nitrogen and oxygen atoms in total. The first kappa shape index (κ1) is 26.5. The highest BCUT2D eigenvalue weighted by Gasteiger charge is 2.56. The van der Waals surface area contributed by atoms with Gasteiger partial charge in [0.05, 0.1) is 13.2 Å². The van der Waals surface area contributed by atoms with Gasteiger partial charge in [0.25, 0.3) is 0 Å². The van der Waals surface area contributed by atoms with Gasteiger partial charge < -0.3 is 40.5 Å². The second kappa shape index (κ2) is 9.55. The lowest BCUT2D eigenvalue weighted by Gasteiger charge is -2.30. The number of fused-ring (bicyclic) bond motifs is 2. The van der Waals surface area contributed by atoms with Crippen LogP contribution in [0.3, 0.4) is 0 Å². The number of halogens is 1. The summed E-state index contributed by atoms with van der Waals surface area (Å²) in [6, 6.07) is 0. The first-order valence-electron chi connectivity index (χ1n) is 10.2. The number of aliphatic hydroxyl groups excluding tert-OH is 4. The molecule has 0 radical (unpaired) electrons. The molecular formula is C15H20BrN5O13P2. The summed E-state index contributed by atoms with van der Waals surface area (Å²) in [5.41, 5.74) is 6.16. The van der Waals surface area contributed by atoms with E-state index in [0.717, 1.165) is 6.33 Å². The predicted molar refractivity (Wildman–Crippen MR) is 116 cm³/mol. The molecular weight excluding hydrogens is 600 g/mol. The first-order valence-corrected chi connectivity index (χ1v) is 13.9.